The molecule has 0 unspecified atom stereocenters. The van der Waals surface area contributed by atoms with Gasteiger partial charge in [0.05, 0.1) is 24.0 Å². The van der Waals surface area contributed by atoms with E-state index in [0.29, 0.717) is 24.4 Å². The lowest BCUT2D eigenvalue weighted by atomic mass is 10.2. The molecule has 0 aliphatic rings. The van der Waals surface area contributed by atoms with E-state index in [1.54, 1.807) is 18.3 Å². The van der Waals surface area contributed by atoms with Gasteiger partial charge in [0, 0.05) is 12.7 Å². The number of ether oxygens (including phenoxy) is 2. The summed E-state index contributed by atoms with van der Waals surface area (Å²) in [5.41, 5.74) is 6.57. The lowest BCUT2D eigenvalue weighted by Gasteiger charge is -2.08. The number of hydrogen-bond donors (Lipinski definition) is 1. The van der Waals surface area contributed by atoms with Gasteiger partial charge in [-0.25, -0.2) is 4.79 Å². The van der Waals surface area contributed by atoms with Gasteiger partial charge in [0.1, 0.15) is 6.61 Å². The van der Waals surface area contributed by atoms with Gasteiger partial charge in [0.2, 0.25) is 0 Å². The van der Waals surface area contributed by atoms with Crippen LogP contribution in [0.5, 0.6) is 0 Å². The number of esters is 1. The maximum atomic E-state index is 11.6. The third kappa shape index (κ3) is 4.93. The van der Waals surface area contributed by atoms with Crippen molar-refractivity contribution in [3.63, 3.8) is 0 Å². The summed E-state index contributed by atoms with van der Waals surface area (Å²) in [6.07, 6.45) is 1.68. The number of hydrogen-bond acceptors (Lipinski definition) is 5. The van der Waals surface area contributed by atoms with E-state index in [4.69, 9.17) is 15.2 Å². The molecule has 17 heavy (non-hydrogen) atoms. The minimum Gasteiger partial charge on any atom is -0.460 e. The number of nitrogens with two attached hydrogens (primary N) is 1. The van der Waals surface area contributed by atoms with Gasteiger partial charge in [-0.15, -0.1) is 0 Å². The van der Waals surface area contributed by atoms with Crippen LogP contribution in [-0.2, 0) is 16.0 Å². The highest BCUT2D eigenvalue weighted by Crippen LogP contribution is 2.03. The van der Waals surface area contributed by atoms with Gasteiger partial charge in [-0.2, -0.15) is 0 Å². The zero-order chi connectivity index (χ0) is 12.7. The minimum absolute atomic E-state index is 0.137. The van der Waals surface area contributed by atoms with Crippen molar-refractivity contribution >= 4 is 5.97 Å². The molecule has 0 atom stereocenters. The van der Waals surface area contributed by atoms with Gasteiger partial charge in [0.15, 0.2) is 0 Å². The Hall–Kier alpha value is -1.46. The first-order valence-corrected chi connectivity index (χ1v) is 5.57. The van der Waals surface area contributed by atoms with E-state index in [9.17, 15) is 4.79 Å². The highest BCUT2D eigenvalue weighted by molar-refractivity contribution is 5.89. The van der Waals surface area contributed by atoms with Crippen molar-refractivity contribution in [3.8, 4) is 0 Å². The van der Waals surface area contributed by atoms with Gasteiger partial charge in [-0.3, -0.25) is 4.98 Å². The van der Waals surface area contributed by atoms with Crippen LogP contribution in [0.3, 0.4) is 0 Å². The van der Waals surface area contributed by atoms with E-state index in [1.165, 1.54) is 0 Å². The van der Waals surface area contributed by atoms with Crippen LogP contribution in [0, 0.1) is 0 Å². The molecule has 0 radical (unpaired) electrons. The van der Waals surface area contributed by atoms with E-state index in [1.807, 2.05) is 13.8 Å². The summed E-state index contributed by atoms with van der Waals surface area (Å²) in [5, 5.41) is 0. The molecule has 0 aromatic carbocycles. The third-order valence-electron chi connectivity index (χ3n) is 2.03. The molecule has 0 aliphatic carbocycles. The predicted octanol–water partition coefficient (Wildman–Crippen LogP) is 1.12. The predicted molar refractivity (Wildman–Crippen MR) is 63.5 cm³/mol. The lowest BCUT2D eigenvalue weighted by Crippen LogP contribution is -2.14. The molecule has 0 saturated heterocycles. The van der Waals surface area contributed by atoms with E-state index in [0.717, 1.165) is 0 Å². The smallest absolute Gasteiger partial charge is 0.338 e. The summed E-state index contributed by atoms with van der Waals surface area (Å²) in [6, 6.07) is 3.23. The molecule has 94 valence electrons. The summed E-state index contributed by atoms with van der Waals surface area (Å²) in [7, 11) is 0. The molecule has 2 N–H and O–H groups in total. The largest absolute Gasteiger partial charge is 0.460 e. The summed E-state index contributed by atoms with van der Waals surface area (Å²) in [5.74, 6) is -0.380. The van der Waals surface area contributed by atoms with Gasteiger partial charge in [0.25, 0.3) is 0 Å². The van der Waals surface area contributed by atoms with Crippen LogP contribution in [0.2, 0.25) is 0 Å². The van der Waals surface area contributed by atoms with E-state index >= 15 is 0 Å². The first-order valence-electron chi connectivity index (χ1n) is 5.57. The van der Waals surface area contributed by atoms with Crippen LogP contribution in [0.15, 0.2) is 18.3 Å². The Bertz CT molecular complexity index is 367. The number of rotatable bonds is 6. The molecule has 1 heterocycles. The minimum atomic E-state index is -0.380. The third-order valence-corrected chi connectivity index (χ3v) is 2.03. The van der Waals surface area contributed by atoms with Crippen LogP contribution in [-0.4, -0.2) is 30.3 Å². The Kier molecular flexibility index (Phi) is 5.59. The number of nitrogens with zero attached hydrogens (tertiary/aromatic N) is 1. The first-order chi connectivity index (χ1) is 8.13. The average molecular weight is 238 g/mol. The van der Waals surface area contributed by atoms with Crippen LogP contribution >= 0.6 is 0 Å². The molecule has 0 spiro atoms. The highest BCUT2D eigenvalue weighted by Gasteiger charge is 2.07. The summed E-state index contributed by atoms with van der Waals surface area (Å²) >= 11 is 0. The van der Waals surface area contributed by atoms with Gasteiger partial charge >= 0.3 is 5.97 Å². The normalized spacial score (nSPS) is 10.6. The first kappa shape index (κ1) is 13.6. The molecular weight excluding hydrogens is 220 g/mol. The van der Waals surface area contributed by atoms with E-state index in [2.05, 4.69) is 4.98 Å². The molecule has 1 rings (SSSR count). The highest BCUT2D eigenvalue weighted by atomic mass is 16.6. The van der Waals surface area contributed by atoms with Crippen molar-refractivity contribution in [2.45, 2.75) is 26.5 Å². The standard InChI is InChI=1S/C12H18N2O3/c1-9(2)16-5-6-17-12(15)10-3-4-14-11(7-10)8-13/h3-4,7,9H,5-6,8,13H2,1-2H3. The van der Waals surface area contributed by atoms with Crippen molar-refractivity contribution in [1.29, 1.82) is 0 Å². The van der Waals surface area contributed by atoms with Crippen LogP contribution in [0.1, 0.15) is 29.9 Å². The zero-order valence-electron chi connectivity index (χ0n) is 10.2. The van der Waals surface area contributed by atoms with Gasteiger partial charge in [-0.05, 0) is 26.0 Å². The van der Waals surface area contributed by atoms with Crippen molar-refractivity contribution in [2.24, 2.45) is 5.73 Å². The van der Waals surface area contributed by atoms with Crippen molar-refractivity contribution in [3.05, 3.63) is 29.6 Å². The summed E-state index contributed by atoms with van der Waals surface area (Å²) < 4.78 is 10.3. The Morgan fingerprint density at radius 2 is 2.24 bits per heavy atom. The second-order valence-corrected chi connectivity index (χ2v) is 3.80. The Labute approximate surface area is 101 Å². The van der Waals surface area contributed by atoms with Crippen molar-refractivity contribution in [2.75, 3.05) is 13.2 Å². The van der Waals surface area contributed by atoms with E-state index < -0.39 is 0 Å². The fourth-order valence-corrected chi connectivity index (χ4v) is 1.22. The number of aromatic nitrogens is 1. The number of carbonyl (C=O) groups excluding carboxylic acids is 1. The van der Waals surface area contributed by atoms with Gasteiger partial charge < -0.3 is 15.2 Å². The van der Waals surface area contributed by atoms with Gasteiger partial charge in [-0.1, -0.05) is 0 Å². The molecule has 0 aliphatic heterocycles. The number of carbonyl (C=O) groups is 1. The summed E-state index contributed by atoms with van der Waals surface area (Å²) in [6.45, 7) is 4.81. The van der Waals surface area contributed by atoms with Crippen molar-refractivity contribution < 1.29 is 14.3 Å². The number of pyridine rings is 1. The SMILES string of the molecule is CC(C)OCCOC(=O)c1ccnc(CN)c1. The van der Waals surface area contributed by atoms with Crippen LogP contribution < -0.4 is 5.73 Å². The maximum absolute atomic E-state index is 11.6. The fraction of sp³-hybridized carbons (Fsp3) is 0.500. The molecule has 5 heteroatoms. The molecular formula is C12H18N2O3. The second-order valence-electron chi connectivity index (χ2n) is 3.80. The monoisotopic (exact) mass is 238 g/mol. The fourth-order valence-electron chi connectivity index (χ4n) is 1.22. The average Bonchev–Trinajstić information content (AvgIpc) is 2.34. The van der Waals surface area contributed by atoms with Crippen molar-refractivity contribution in [1.82, 2.24) is 4.98 Å². The second kappa shape index (κ2) is 6.98. The quantitative estimate of drug-likeness (QED) is 0.594. The zero-order valence-corrected chi connectivity index (χ0v) is 10.2. The molecule has 0 saturated carbocycles. The maximum Gasteiger partial charge on any atom is 0.338 e. The Morgan fingerprint density at radius 1 is 1.47 bits per heavy atom. The molecule has 0 fully saturated rings. The molecule has 0 amide bonds. The molecule has 1 aromatic heterocycles. The molecule has 0 bridgehead atoms. The molecule has 5 nitrogen and oxygen atoms in total. The van der Waals surface area contributed by atoms with Crippen LogP contribution in [0.25, 0.3) is 0 Å². The van der Waals surface area contributed by atoms with E-state index in [-0.39, 0.29) is 18.7 Å². The lowest BCUT2D eigenvalue weighted by molar-refractivity contribution is 0.0177. The van der Waals surface area contributed by atoms with Crippen LogP contribution in [0.4, 0.5) is 0 Å². The topological polar surface area (TPSA) is 74.4 Å². The Morgan fingerprint density at radius 3 is 2.88 bits per heavy atom. The molecule has 1 aromatic rings. The summed E-state index contributed by atoms with van der Waals surface area (Å²) in [4.78, 5) is 15.6. The Balaban J connectivity index is 2.41.